The third-order valence-electron chi connectivity index (χ3n) is 6.03. The van der Waals surface area contributed by atoms with E-state index in [0.29, 0.717) is 24.5 Å². The monoisotopic (exact) mass is 445 g/mol. The minimum Gasteiger partial charge on any atom is -0.381 e. The van der Waals surface area contributed by atoms with Crippen molar-refractivity contribution in [1.29, 1.82) is 0 Å². The summed E-state index contributed by atoms with van der Waals surface area (Å²) in [5, 5.41) is 3.36. The molecule has 0 spiro atoms. The maximum absolute atomic E-state index is 13.3. The Balaban J connectivity index is 1.40. The zero-order valence-corrected chi connectivity index (χ0v) is 19.0. The molecule has 3 aromatic carbocycles. The second kappa shape index (κ2) is 10.2. The molecular weight excluding hydrogens is 418 g/mol. The van der Waals surface area contributed by atoms with Gasteiger partial charge in [-0.25, -0.2) is 0 Å². The average molecular weight is 446 g/mol. The van der Waals surface area contributed by atoms with Gasteiger partial charge in [0.1, 0.15) is 0 Å². The lowest BCUT2D eigenvalue weighted by Crippen LogP contribution is -2.28. The number of aromatic nitrogens is 1. The topological polar surface area (TPSA) is 57.2 Å². The Morgan fingerprint density at radius 2 is 1.38 bits per heavy atom. The number of aromatic amines is 1. The summed E-state index contributed by atoms with van der Waals surface area (Å²) in [7, 11) is 0. The van der Waals surface area contributed by atoms with Gasteiger partial charge in [-0.05, 0) is 41.7 Å². The van der Waals surface area contributed by atoms with Crippen molar-refractivity contribution < 1.29 is 4.79 Å². The van der Waals surface area contributed by atoms with E-state index in [2.05, 4.69) is 34.6 Å². The average Bonchev–Trinajstić information content (AvgIpc) is 3.35. The first-order chi connectivity index (χ1) is 16.8. The highest BCUT2D eigenvalue weighted by molar-refractivity contribution is 6.25. The van der Waals surface area contributed by atoms with Gasteiger partial charge in [0, 0.05) is 24.3 Å². The predicted molar refractivity (Wildman–Crippen MR) is 138 cm³/mol. The molecule has 1 aliphatic rings. The number of carbonyl (C=O) groups excluding carboxylic acids is 1. The molecule has 4 aromatic rings. The number of benzene rings is 3. The van der Waals surface area contributed by atoms with Crippen LogP contribution in [-0.4, -0.2) is 29.6 Å². The molecule has 0 saturated carbocycles. The lowest BCUT2D eigenvalue weighted by atomic mass is 9.98. The molecule has 168 valence electrons. The van der Waals surface area contributed by atoms with Gasteiger partial charge in [-0.15, -0.1) is 0 Å². The number of aliphatic imine (C=N–C) groups is 1. The maximum Gasteiger partial charge on any atom is 0.225 e. The van der Waals surface area contributed by atoms with Gasteiger partial charge in [-0.2, -0.15) is 0 Å². The van der Waals surface area contributed by atoms with Crippen LogP contribution in [0.5, 0.6) is 0 Å². The number of hydrogen-bond donors (Lipinski definition) is 2. The molecule has 34 heavy (non-hydrogen) atoms. The Morgan fingerprint density at radius 3 is 2.06 bits per heavy atom. The van der Waals surface area contributed by atoms with E-state index in [1.165, 1.54) is 11.1 Å². The fourth-order valence-electron chi connectivity index (χ4n) is 4.22. The van der Waals surface area contributed by atoms with Crippen LogP contribution in [0, 0.1) is 0 Å². The van der Waals surface area contributed by atoms with Crippen molar-refractivity contribution in [2.24, 2.45) is 4.99 Å². The van der Waals surface area contributed by atoms with Crippen LogP contribution in [0.25, 0.3) is 11.3 Å². The molecular formula is C30H27N3O. The van der Waals surface area contributed by atoms with E-state index in [-0.39, 0.29) is 5.78 Å². The third kappa shape index (κ3) is 4.91. The van der Waals surface area contributed by atoms with E-state index in [4.69, 9.17) is 4.99 Å². The Bertz CT molecular complexity index is 1320. The van der Waals surface area contributed by atoms with Gasteiger partial charge in [0.25, 0.3) is 0 Å². The second-order valence-electron chi connectivity index (χ2n) is 8.39. The molecule has 0 radical (unpaired) electrons. The highest BCUT2D eigenvalue weighted by Crippen LogP contribution is 2.27. The number of allylic oxidation sites excluding steroid dienone is 2. The molecule has 0 unspecified atom stereocenters. The Labute approximate surface area is 200 Å². The Kier molecular flexibility index (Phi) is 6.48. The summed E-state index contributed by atoms with van der Waals surface area (Å²) in [4.78, 5) is 21.6. The zero-order valence-electron chi connectivity index (χ0n) is 19.0. The quantitative estimate of drug-likeness (QED) is 0.369. The van der Waals surface area contributed by atoms with Crippen LogP contribution in [0.4, 0.5) is 0 Å². The van der Waals surface area contributed by atoms with Crippen molar-refractivity contribution in [2.45, 2.75) is 12.8 Å². The summed E-state index contributed by atoms with van der Waals surface area (Å²) in [6.07, 6.45) is 3.61. The lowest BCUT2D eigenvalue weighted by molar-refractivity contribution is 0.102. The highest BCUT2D eigenvalue weighted by Gasteiger charge is 2.27. The molecule has 5 rings (SSSR count). The third-order valence-corrected chi connectivity index (χ3v) is 6.03. The van der Waals surface area contributed by atoms with Crippen LogP contribution in [0.15, 0.2) is 114 Å². The number of H-pyrrole nitrogens is 1. The van der Waals surface area contributed by atoms with Gasteiger partial charge in [0.2, 0.25) is 5.78 Å². The minimum absolute atomic E-state index is 0.0211. The van der Waals surface area contributed by atoms with Crippen LogP contribution in [0.3, 0.4) is 0 Å². The molecule has 0 saturated heterocycles. The van der Waals surface area contributed by atoms with E-state index < -0.39 is 0 Å². The summed E-state index contributed by atoms with van der Waals surface area (Å²) in [5.41, 5.74) is 7.35. The molecule has 0 aliphatic heterocycles. The van der Waals surface area contributed by atoms with Gasteiger partial charge in [-0.3, -0.25) is 9.79 Å². The molecule has 4 nitrogen and oxygen atoms in total. The summed E-state index contributed by atoms with van der Waals surface area (Å²) in [6, 6.07) is 32.8. The standard InChI is InChI=1S/C30H27N3O/c34-30-28(32-19-17-23-12-6-2-7-13-23)21-27(31-18-16-22-10-4-1-5-11-22)25-20-26(33-29(25)30)24-14-8-3-9-15-24/h1-15,20-21,32-33H,16-19H2. The molecule has 1 aliphatic carbocycles. The first-order valence-corrected chi connectivity index (χ1v) is 11.7. The van der Waals surface area contributed by atoms with Crippen LogP contribution < -0.4 is 5.32 Å². The number of fused-ring (bicyclic) bond motifs is 1. The fourth-order valence-corrected chi connectivity index (χ4v) is 4.22. The number of rotatable bonds is 8. The Hall–Kier alpha value is -4.18. The molecule has 0 fully saturated rings. The molecule has 2 N–H and O–H groups in total. The van der Waals surface area contributed by atoms with Crippen molar-refractivity contribution in [1.82, 2.24) is 10.3 Å². The van der Waals surface area contributed by atoms with E-state index in [1.54, 1.807) is 0 Å². The largest absolute Gasteiger partial charge is 0.381 e. The van der Waals surface area contributed by atoms with Crippen molar-refractivity contribution >= 4 is 11.5 Å². The predicted octanol–water partition coefficient (Wildman–Crippen LogP) is 5.63. The number of Topliss-reactive ketones (excluding diaryl/α,β-unsaturated/α-hetero) is 1. The first kappa shape index (κ1) is 21.7. The summed E-state index contributed by atoms with van der Waals surface area (Å²) < 4.78 is 0. The molecule has 0 bridgehead atoms. The van der Waals surface area contributed by atoms with E-state index >= 15 is 0 Å². The van der Waals surface area contributed by atoms with Gasteiger partial charge in [0.15, 0.2) is 0 Å². The van der Waals surface area contributed by atoms with Gasteiger partial charge < -0.3 is 10.3 Å². The van der Waals surface area contributed by atoms with E-state index in [0.717, 1.165) is 35.4 Å². The minimum atomic E-state index is -0.0211. The highest BCUT2D eigenvalue weighted by atomic mass is 16.1. The fraction of sp³-hybridized carbons (Fsp3) is 0.133. The number of hydrogen-bond acceptors (Lipinski definition) is 3. The summed E-state index contributed by atoms with van der Waals surface area (Å²) >= 11 is 0. The van der Waals surface area contributed by atoms with Crippen molar-refractivity contribution in [3.8, 4) is 11.3 Å². The Morgan fingerprint density at radius 1 is 0.765 bits per heavy atom. The molecule has 1 heterocycles. The lowest BCUT2D eigenvalue weighted by Gasteiger charge is -2.16. The summed E-state index contributed by atoms with van der Waals surface area (Å²) in [5.74, 6) is -0.0211. The van der Waals surface area contributed by atoms with Crippen molar-refractivity contribution in [3.63, 3.8) is 0 Å². The summed E-state index contributed by atoms with van der Waals surface area (Å²) in [6.45, 7) is 1.34. The smallest absolute Gasteiger partial charge is 0.225 e. The molecule has 4 heteroatoms. The maximum atomic E-state index is 13.3. The molecule has 0 atom stereocenters. The normalized spacial score (nSPS) is 14.1. The first-order valence-electron chi connectivity index (χ1n) is 11.7. The molecule has 0 amide bonds. The van der Waals surface area contributed by atoms with E-state index in [1.807, 2.05) is 78.9 Å². The van der Waals surface area contributed by atoms with E-state index in [9.17, 15) is 4.79 Å². The van der Waals surface area contributed by atoms with Gasteiger partial charge in [-0.1, -0.05) is 91.0 Å². The van der Waals surface area contributed by atoms with Gasteiger partial charge >= 0.3 is 0 Å². The van der Waals surface area contributed by atoms with Crippen LogP contribution in [-0.2, 0) is 12.8 Å². The number of nitrogens with zero attached hydrogens (tertiary/aromatic N) is 1. The van der Waals surface area contributed by atoms with Crippen molar-refractivity contribution in [2.75, 3.05) is 13.1 Å². The van der Waals surface area contributed by atoms with Crippen LogP contribution in [0.1, 0.15) is 27.2 Å². The zero-order chi connectivity index (χ0) is 23.2. The number of nitrogens with one attached hydrogen (secondary N) is 2. The van der Waals surface area contributed by atoms with Crippen LogP contribution >= 0.6 is 0 Å². The molecule has 1 aromatic heterocycles. The number of ketones is 1. The van der Waals surface area contributed by atoms with Crippen molar-refractivity contribution in [3.05, 3.63) is 131 Å². The van der Waals surface area contributed by atoms with Gasteiger partial charge in [0.05, 0.1) is 17.1 Å². The van der Waals surface area contributed by atoms with Crippen LogP contribution in [0.2, 0.25) is 0 Å². The SMILES string of the molecule is O=C1C(NCCc2ccccc2)=CC(=NCCc2ccccc2)c2cc(-c3ccccc3)[nH]c21. The second-order valence-corrected chi connectivity index (χ2v) is 8.39. The number of carbonyl (C=O) groups is 1.